The van der Waals surface area contributed by atoms with Crippen molar-refractivity contribution >= 4 is 0 Å². The van der Waals surface area contributed by atoms with Crippen molar-refractivity contribution in [2.24, 2.45) is 10.8 Å². The maximum Gasteiger partial charge on any atom is 0.153 e. The molecule has 1 saturated carbocycles. The van der Waals surface area contributed by atoms with Crippen LogP contribution >= 0.6 is 0 Å². The normalized spacial score (nSPS) is 23.6. The first-order chi connectivity index (χ1) is 23.5. The number of aryl methyl sites for hydroxylation is 1. The molecular formula is C44H47F3N2. The summed E-state index contributed by atoms with van der Waals surface area (Å²) in [4.78, 5) is 0. The zero-order valence-electron chi connectivity index (χ0n) is 29.4. The topological polar surface area (TPSA) is 9.86 Å². The summed E-state index contributed by atoms with van der Waals surface area (Å²) in [6, 6.07) is 14.2. The monoisotopic (exact) mass is 660 g/mol. The molecule has 0 saturated heterocycles. The highest BCUT2D eigenvalue weighted by Crippen LogP contribution is 2.64. The Morgan fingerprint density at radius 3 is 2.02 bits per heavy atom. The molecule has 7 rings (SSSR count). The van der Waals surface area contributed by atoms with Gasteiger partial charge in [-0.2, -0.15) is 0 Å². The van der Waals surface area contributed by atoms with Crippen molar-refractivity contribution in [3.63, 3.8) is 0 Å². The van der Waals surface area contributed by atoms with Crippen LogP contribution in [-0.2, 0) is 11.8 Å². The lowest BCUT2D eigenvalue weighted by Crippen LogP contribution is -2.56. The number of hydrogen-bond acceptors (Lipinski definition) is 0. The van der Waals surface area contributed by atoms with Gasteiger partial charge >= 0.3 is 0 Å². The molecule has 2 nitrogen and oxygen atoms in total. The van der Waals surface area contributed by atoms with Crippen molar-refractivity contribution in [2.45, 2.75) is 91.4 Å². The molecule has 5 heteroatoms. The van der Waals surface area contributed by atoms with E-state index in [9.17, 15) is 0 Å². The summed E-state index contributed by atoms with van der Waals surface area (Å²) in [5, 5.41) is 0. The van der Waals surface area contributed by atoms with Crippen LogP contribution in [0.25, 0.3) is 11.4 Å². The lowest BCUT2D eigenvalue weighted by molar-refractivity contribution is 0.0460. The third-order valence-corrected chi connectivity index (χ3v) is 12.3. The van der Waals surface area contributed by atoms with Gasteiger partial charge in [0.1, 0.15) is 5.82 Å². The summed E-state index contributed by atoms with van der Waals surface area (Å²) >= 11 is 0. The average molecular weight is 661 g/mol. The molecule has 254 valence electrons. The minimum absolute atomic E-state index is 0.0516. The van der Waals surface area contributed by atoms with Crippen molar-refractivity contribution in [2.75, 3.05) is 0 Å². The van der Waals surface area contributed by atoms with Crippen LogP contribution in [0.1, 0.15) is 89.3 Å². The fourth-order valence-corrected chi connectivity index (χ4v) is 9.33. The number of allylic oxidation sites excluding steroid dienone is 8. The number of benzene rings is 2. The molecule has 0 bridgehead atoms. The summed E-state index contributed by atoms with van der Waals surface area (Å²) in [5.41, 5.74) is 4.66. The van der Waals surface area contributed by atoms with E-state index in [-0.39, 0.29) is 17.8 Å². The third-order valence-electron chi connectivity index (χ3n) is 12.3. The largest absolute Gasteiger partial charge is 0.321 e. The first-order valence-corrected chi connectivity index (χ1v) is 17.8. The Hall–Kier alpha value is -4.25. The molecule has 2 aromatic carbocycles. The predicted octanol–water partition coefficient (Wildman–Crippen LogP) is 12.0. The Balaban J connectivity index is 1.59. The van der Waals surface area contributed by atoms with E-state index in [0.29, 0.717) is 29.8 Å². The van der Waals surface area contributed by atoms with Crippen LogP contribution in [0.3, 0.4) is 0 Å². The van der Waals surface area contributed by atoms with E-state index >= 15 is 13.2 Å². The Bertz CT molecular complexity index is 2010. The van der Waals surface area contributed by atoms with E-state index in [1.54, 1.807) is 27.6 Å². The zero-order valence-corrected chi connectivity index (χ0v) is 29.4. The molecule has 2 aromatic heterocycles. The first kappa shape index (κ1) is 33.3. The van der Waals surface area contributed by atoms with Gasteiger partial charge in [0, 0.05) is 35.8 Å². The van der Waals surface area contributed by atoms with E-state index < -0.39 is 27.9 Å². The highest BCUT2D eigenvalue weighted by molar-refractivity contribution is 5.54. The van der Waals surface area contributed by atoms with Crippen LogP contribution in [-0.4, -0.2) is 9.13 Å². The van der Waals surface area contributed by atoms with Crippen molar-refractivity contribution < 1.29 is 13.2 Å². The lowest BCUT2D eigenvalue weighted by Gasteiger charge is -2.58. The fourth-order valence-electron chi connectivity index (χ4n) is 9.33. The average Bonchev–Trinajstić information content (AvgIpc) is 3.76. The summed E-state index contributed by atoms with van der Waals surface area (Å²) in [6.07, 6.45) is 22.0. The number of halogens is 3. The zero-order chi connectivity index (χ0) is 34.6. The van der Waals surface area contributed by atoms with Crippen LogP contribution in [0.4, 0.5) is 13.2 Å². The third kappa shape index (κ3) is 5.32. The number of hydrogen-bond donors (Lipinski definition) is 0. The molecule has 0 amide bonds. The van der Waals surface area contributed by atoms with Crippen LogP contribution in [0, 0.1) is 35.2 Å². The van der Waals surface area contributed by atoms with E-state index in [1.807, 2.05) is 49.6 Å². The van der Waals surface area contributed by atoms with Crippen molar-refractivity contribution in [3.05, 3.63) is 154 Å². The first-order valence-electron chi connectivity index (χ1n) is 17.8. The van der Waals surface area contributed by atoms with Gasteiger partial charge in [-0.25, -0.2) is 13.2 Å². The van der Waals surface area contributed by atoms with Gasteiger partial charge in [-0.15, -0.1) is 0 Å². The summed E-state index contributed by atoms with van der Waals surface area (Å²) in [7, 11) is 0. The van der Waals surface area contributed by atoms with E-state index in [2.05, 4.69) is 52.0 Å². The molecule has 3 unspecified atom stereocenters. The fraction of sp³-hybridized carbons (Fsp3) is 0.364. The Kier molecular flexibility index (Phi) is 8.53. The lowest BCUT2D eigenvalue weighted by atomic mass is 9.44. The molecule has 1 fully saturated rings. The molecule has 0 spiro atoms. The van der Waals surface area contributed by atoms with Gasteiger partial charge in [0.05, 0.1) is 11.4 Å². The second-order valence-electron chi connectivity index (χ2n) is 15.0. The Morgan fingerprint density at radius 1 is 0.755 bits per heavy atom. The smallest absolute Gasteiger partial charge is 0.153 e. The summed E-state index contributed by atoms with van der Waals surface area (Å²) in [5.74, 6) is -1.52. The predicted molar refractivity (Wildman–Crippen MR) is 194 cm³/mol. The van der Waals surface area contributed by atoms with Crippen molar-refractivity contribution in [3.8, 4) is 11.4 Å². The van der Waals surface area contributed by atoms with E-state index in [1.165, 1.54) is 34.4 Å². The second-order valence-corrected chi connectivity index (χ2v) is 15.0. The van der Waals surface area contributed by atoms with Gasteiger partial charge in [-0.1, -0.05) is 62.3 Å². The van der Waals surface area contributed by atoms with Gasteiger partial charge in [-0.3, -0.25) is 0 Å². The molecule has 3 atom stereocenters. The number of rotatable bonds is 8. The number of aromatic nitrogens is 2. The van der Waals surface area contributed by atoms with Gasteiger partial charge in [0.25, 0.3) is 0 Å². The van der Waals surface area contributed by atoms with Crippen LogP contribution in [0.5, 0.6) is 0 Å². The van der Waals surface area contributed by atoms with E-state index in [0.717, 1.165) is 37.7 Å². The minimum Gasteiger partial charge on any atom is -0.321 e. The molecule has 4 aromatic rings. The molecule has 0 radical (unpaired) electrons. The molecule has 49 heavy (non-hydrogen) atoms. The highest BCUT2D eigenvalue weighted by Gasteiger charge is 2.61. The van der Waals surface area contributed by atoms with Crippen molar-refractivity contribution in [1.82, 2.24) is 9.13 Å². The molecular weight excluding hydrogens is 613 g/mol. The molecule has 0 N–H and O–H groups in total. The number of fused-ring (bicyclic) bond motifs is 1. The molecule has 2 heterocycles. The van der Waals surface area contributed by atoms with Crippen molar-refractivity contribution in [1.29, 1.82) is 0 Å². The van der Waals surface area contributed by atoms with Gasteiger partial charge in [0.2, 0.25) is 0 Å². The Labute approximate surface area is 289 Å². The molecule has 0 aliphatic heterocycles. The van der Waals surface area contributed by atoms with Crippen LogP contribution < -0.4 is 0 Å². The standard InChI is InChI=1S/C44H47F3N2/c1-6-32-20-23-43(5,28-33-14-15-34(32)33)44(42(4)21-11-12-30(2)19-22-42,39-36(45)16-18-38(41(39)47)49-26-9-10-27-49)29-35-31(3)13-17-37(40(35)46)48-24-7-8-25-48/h7-13,16-18,21,24-28H,6,14-15,19-20,22-23,29H2,1-5H3. The highest BCUT2D eigenvalue weighted by atomic mass is 19.1. The Morgan fingerprint density at radius 2 is 1.39 bits per heavy atom. The van der Waals surface area contributed by atoms with Gasteiger partial charge in [-0.05, 0) is 141 Å². The number of nitrogens with zero attached hydrogens (tertiary/aromatic N) is 2. The molecule has 3 aliphatic carbocycles. The van der Waals surface area contributed by atoms with Gasteiger partial charge < -0.3 is 9.13 Å². The maximum atomic E-state index is 17.8. The van der Waals surface area contributed by atoms with Gasteiger partial charge in [0.15, 0.2) is 11.6 Å². The molecule has 3 aliphatic rings. The van der Waals surface area contributed by atoms with E-state index in [4.69, 9.17) is 0 Å². The minimum atomic E-state index is -1.23. The SMILES string of the molecule is CCC1=C2CCC2=CC(C)(C(Cc2c(C)ccc(-n3cccc3)c2F)(c2c(F)ccc(-n3cccc3)c2F)C2(C)C=CC=C(C)CC2)CC1. The summed E-state index contributed by atoms with van der Waals surface area (Å²) in [6.45, 7) is 10.6. The van der Waals surface area contributed by atoms with Crippen LogP contribution in [0.2, 0.25) is 0 Å². The summed E-state index contributed by atoms with van der Waals surface area (Å²) < 4.78 is 55.8. The van der Waals surface area contributed by atoms with Crippen LogP contribution in [0.15, 0.2) is 120 Å². The quantitative estimate of drug-likeness (QED) is 0.178. The second kappa shape index (κ2) is 12.6. The maximum absolute atomic E-state index is 17.8.